The highest BCUT2D eigenvalue weighted by Gasteiger charge is 2.13. The summed E-state index contributed by atoms with van der Waals surface area (Å²) < 4.78 is 12.9. The van der Waals surface area contributed by atoms with E-state index in [-0.39, 0.29) is 28.3 Å². The van der Waals surface area contributed by atoms with Gasteiger partial charge in [-0.15, -0.1) is 11.8 Å². The molecule has 5 nitrogen and oxygen atoms in total. The highest BCUT2D eigenvalue weighted by atomic mass is 32.2. The van der Waals surface area contributed by atoms with Gasteiger partial charge in [-0.3, -0.25) is 9.59 Å². The van der Waals surface area contributed by atoms with Crippen LogP contribution in [0.5, 0.6) is 0 Å². The minimum Gasteiger partial charge on any atom is -0.325 e. The number of carbonyl (C=O) groups excluding carboxylic acids is 1. The van der Waals surface area contributed by atoms with E-state index >= 15 is 0 Å². The Morgan fingerprint density at radius 3 is 2.72 bits per heavy atom. The SMILES string of the molecule is C[C@H](SCC(=O)Nc1ccc(F)cc1)c1nc2ccccc2c(=O)[nH]1. The fraction of sp³-hybridized carbons (Fsp3) is 0.167. The second kappa shape index (κ2) is 7.48. The normalized spacial score (nSPS) is 12.1. The average molecular weight is 357 g/mol. The molecule has 0 unspecified atom stereocenters. The average Bonchev–Trinajstić information content (AvgIpc) is 2.61. The number of aromatic nitrogens is 2. The molecule has 0 aliphatic rings. The summed E-state index contributed by atoms with van der Waals surface area (Å²) in [5.41, 5.74) is 0.977. The zero-order valence-electron chi connectivity index (χ0n) is 13.5. The van der Waals surface area contributed by atoms with E-state index in [0.29, 0.717) is 22.4 Å². The largest absolute Gasteiger partial charge is 0.325 e. The molecule has 0 saturated carbocycles. The summed E-state index contributed by atoms with van der Waals surface area (Å²) in [6.07, 6.45) is 0. The van der Waals surface area contributed by atoms with Gasteiger partial charge in [0.15, 0.2) is 0 Å². The number of hydrogen-bond donors (Lipinski definition) is 2. The molecule has 2 aromatic carbocycles. The van der Waals surface area contributed by atoms with Crippen molar-refractivity contribution in [3.05, 3.63) is 70.5 Å². The Morgan fingerprint density at radius 2 is 1.96 bits per heavy atom. The van der Waals surface area contributed by atoms with Crippen LogP contribution in [0.1, 0.15) is 18.0 Å². The van der Waals surface area contributed by atoms with Gasteiger partial charge < -0.3 is 10.3 Å². The summed E-state index contributed by atoms with van der Waals surface area (Å²) in [6.45, 7) is 1.88. The van der Waals surface area contributed by atoms with Gasteiger partial charge in [0.1, 0.15) is 11.6 Å². The fourth-order valence-electron chi connectivity index (χ4n) is 2.31. The van der Waals surface area contributed by atoms with Gasteiger partial charge in [0, 0.05) is 5.69 Å². The molecule has 0 saturated heterocycles. The van der Waals surface area contributed by atoms with Crippen molar-refractivity contribution in [1.82, 2.24) is 9.97 Å². The quantitative estimate of drug-likeness (QED) is 0.733. The second-order valence-electron chi connectivity index (χ2n) is 5.48. The lowest BCUT2D eigenvalue weighted by molar-refractivity contribution is -0.113. The zero-order chi connectivity index (χ0) is 17.8. The first-order valence-electron chi connectivity index (χ1n) is 7.69. The van der Waals surface area contributed by atoms with Crippen molar-refractivity contribution in [3.8, 4) is 0 Å². The molecule has 1 atom stereocenters. The maximum absolute atomic E-state index is 12.9. The maximum atomic E-state index is 12.9. The number of rotatable bonds is 5. The number of anilines is 1. The Morgan fingerprint density at radius 1 is 1.24 bits per heavy atom. The molecule has 1 heterocycles. The standard InChI is InChI=1S/C18H16FN3O2S/c1-11(17-21-15-5-3-2-4-14(15)18(24)22-17)25-10-16(23)20-13-8-6-12(19)7-9-13/h2-9,11H,10H2,1H3,(H,20,23)(H,21,22,24)/t11-/m0/s1. The van der Waals surface area contributed by atoms with E-state index in [2.05, 4.69) is 15.3 Å². The third-order valence-corrected chi connectivity index (χ3v) is 4.76. The molecular weight excluding hydrogens is 341 g/mol. The molecule has 1 amide bonds. The number of fused-ring (bicyclic) bond motifs is 1. The van der Waals surface area contributed by atoms with Gasteiger partial charge in [0.2, 0.25) is 5.91 Å². The van der Waals surface area contributed by atoms with Gasteiger partial charge >= 0.3 is 0 Å². The van der Waals surface area contributed by atoms with Crippen LogP contribution < -0.4 is 10.9 Å². The zero-order valence-corrected chi connectivity index (χ0v) is 14.3. The van der Waals surface area contributed by atoms with E-state index in [9.17, 15) is 14.0 Å². The lowest BCUT2D eigenvalue weighted by atomic mass is 10.2. The van der Waals surface area contributed by atoms with Crippen LogP contribution in [0.15, 0.2) is 53.3 Å². The molecule has 2 N–H and O–H groups in total. The van der Waals surface area contributed by atoms with Crippen LogP contribution in [-0.2, 0) is 4.79 Å². The minimum atomic E-state index is -0.354. The summed E-state index contributed by atoms with van der Waals surface area (Å²) in [6, 6.07) is 12.7. The van der Waals surface area contributed by atoms with E-state index in [0.717, 1.165) is 0 Å². The van der Waals surface area contributed by atoms with Gasteiger partial charge in [-0.25, -0.2) is 9.37 Å². The molecule has 25 heavy (non-hydrogen) atoms. The lowest BCUT2D eigenvalue weighted by Gasteiger charge is -2.11. The van der Waals surface area contributed by atoms with E-state index in [1.54, 1.807) is 18.2 Å². The maximum Gasteiger partial charge on any atom is 0.258 e. The molecule has 7 heteroatoms. The van der Waals surface area contributed by atoms with Crippen LogP contribution in [0.2, 0.25) is 0 Å². The molecule has 0 bridgehead atoms. The molecule has 0 aliphatic carbocycles. The van der Waals surface area contributed by atoms with Crippen molar-refractivity contribution in [2.75, 3.05) is 11.1 Å². The summed E-state index contributed by atoms with van der Waals surface area (Å²) in [4.78, 5) is 31.3. The van der Waals surface area contributed by atoms with Gasteiger partial charge in [-0.1, -0.05) is 12.1 Å². The van der Waals surface area contributed by atoms with E-state index in [1.807, 2.05) is 13.0 Å². The molecule has 0 spiro atoms. The predicted octanol–water partition coefficient (Wildman–Crippen LogP) is 3.50. The van der Waals surface area contributed by atoms with Gasteiger partial charge in [0.05, 0.1) is 21.9 Å². The molecule has 0 aliphatic heterocycles. The second-order valence-corrected chi connectivity index (χ2v) is 6.81. The number of para-hydroxylation sites is 1. The number of hydrogen-bond acceptors (Lipinski definition) is 4. The third-order valence-electron chi connectivity index (χ3n) is 3.61. The van der Waals surface area contributed by atoms with Gasteiger partial charge in [0.25, 0.3) is 5.56 Å². The molecule has 1 aromatic heterocycles. The molecule has 3 rings (SSSR count). The number of H-pyrrole nitrogens is 1. The first kappa shape index (κ1) is 17.2. The highest BCUT2D eigenvalue weighted by Crippen LogP contribution is 2.25. The number of carbonyl (C=O) groups is 1. The molecular formula is C18H16FN3O2S. The Balaban J connectivity index is 1.64. The fourth-order valence-corrected chi connectivity index (χ4v) is 3.05. The van der Waals surface area contributed by atoms with Crippen molar-refractivity contribution < 1.29 is 9.18 Å². The number of amides is 1. The third kappa shape index (κ3) is 4.24. The first-order chi connectivity index (χ1) is 12.0. The highest BCUT2D eigenvalue weighted by molar-refractivity contribution is 8.00. The predicted molar refractivity (Wildman–Crippen MR) is 98.3 cm³/mol. The molecule has 3 aromatic rings. The van der Waals surface area contributed by atoms with Crippen molar-refractivity contribution in [3.63, 3.8) is 0 Å². The van der Waals surface area contributed by atoms with Crippen LogP contribution in [-0.4, -0.2) is 21.6 Å². The van der Waals surface area contributed by atoms with Crippen molar-refractivity contribution in [2.45, 2.75) is 12.2 Å². The van der Waals surface area contributed by atoms with Crippen LogP contribution in [0.25, 0.3) is 10.9 Å². The molecule has 0 fully saturated rings. The van der Waals surface area contributed by atoms with E-state index < -0.39 is 0 Å². The number of halogens is 1. The topological polar surface area (TPSA) is 74.8 Å². The summed E-state index contributed by atoms with van der Waals surface area (Å²) in [5.74, 6) is 0.164. The molecule has 128 valence electrons. The number of nitrogens with one attached hydrogen (secondary N) is 2. The summed E-state index contributed by atoms with van der Waals surface area (Å²) >= 11 is 1.36. The van der Waals surface area contributed by atoms with Crippen molar-refractivity contribution in [2.24, 2.45) is 0 Å². The Labute approximate surface area is 147 Å². The number of benzene rings is 2. The first-order valence-corrected chi connectivity index (χ1v) is 8.74. The summed E-state index contributed by atoms with van der Waals surface area (Å²) in [7, 11) is 0. The van der Waals surface area contributed by atoms with Crippen LogP contribution in [0.4, 0.5) is 10.1 Å². The molecule has 0 radical (unpaired) electrons. The monoisotopic (exact) mass is 357 g/mol. The van der Waals surface area contributed by atoms with E-state index in [1.165, 1.54) is 36.0 Å². The van der Waals surface area contributed by atoms with E-state index in [4.69, 9.17) is 0 Å². The summed E-state index contributed by atoms with van der Waals surface area (Å²) in [5, 5.41) is 3.08. The van der Waals surface area contributed by atoms with Crippen molar-refractivity contribution >= 4 is 34.3 Å². The Hall–Kier alpha value is -2.67. The lowest BCUT2D eigenvalue weighted by Crippen LogP contribution is -2.16. The number of aromatic amines is 1. The van der Waals surface area contributed by atoms with Crippen LogP contribution in [0, 0.1) is 5.82 Å². The number of nitrogens with zero attached hydrogens (tertiary/aromatic N) is 1. The number of thioether (sulfide) groups is 1. The van der Waals surface area contributed by atoms with Crippen molar-refractivity contribution in [1.29, 1.82) is 0 Å². The minimum absolute atomic E-state index is 0.156. The van der Waals surface area contributed by atoms with Gasteiger partial charge in [-0.05, 0) is 43.3 Å². The Bertz CT molecular complexity index is 956. The smallest absolute Gasteiger partial charge is 0.258 e. The van der Waals surface area contributed by atoms with Gasteiger partial charge in [-0.2, -0.15) is 0 Å². The van der Waals surface area contributed by atoms with Crippen LogP contribution in [0.3, 0.4) is 0 Å². The Kier molecular flexibility index (Phi) is 5.14. The van der Waals surface area contributed by atoms with Crippen LogP contribution >= 0.6 is 11.8 Å².